The molecule has 1 aliphatic heterocycles. The van der Waals surface area contributed by atoms with Crippen LogP contribution in [0.25, 0.3) is 0 Å². The smallest absolute Gasteiger partial charge is 0.191 e. The fourth-order valence-electron chi connectivity index (χ4n) is 3.72. The molecule has 29 heavy (non-hydrogen) atoms. The normalized spacial score (nSPS) is 17.4. The molecule has 1 heterocycles. The first kappa shape index (κ1) is 26.0. The van der Waals surface area contributed by atoms with E-state index in [1.54, 1.807) is 7.11 Å². The van der Waals surface area contributed by atoms with Gasteiger partial charge >= 0.3 is 0 Å². The largest absolute Gasteiger partial charge is 0.496 e. The Balaban J connectivity index is 0.00000420. The maximum Gasteiger partial charge on any atom is 0.191 e. The zero-order valence-corrected chi connectivity index (χ0v) is 20.9. The van der Waals surface area contributed by atoms with E-state index in [1.165, 1.54) is 12.0 Å². The monoisotopic (exact) mass is 518 g/mol. The number of benzene rings is 1. The lowest BCUT2D eigenvalue weighted by atomic mass is 10.00. The Labute approximate surface area is 193 Å². The third kappa shape index (κ3) is 8.68. The molecule has 1 aromatic carbocycles. The molecule has 0 saturated carbocycles. The van der Waals surface area contributed by atoms with E-state index in [-0.39, 0.29) is 24.0 Å². The van der Waals surface area contributed by atoms with Crippen molar-refractivity contribution >= 4 is 29.9 Å². The minimum atomic E-state index is 0. The van der Waals surface area contributed by atoms with Crippen LogP contribution in [0.5, 0.6) is 5.75 Å². The third-order valence-corrected chi connectivity index (χ3v) is 5.28. The molecule has 166 valence electrons. The fourth-order valence-corrected chi connectivity index (χ4v) is 3.72. The lowest BCUT2D eigenvalue weighted by Crippen LogP contribution is -2.51. The number of ether oxygens (including phenoxy) is 2. The summed E-state index contributed by atoms with van der Waals surface area (Å²) in [5, 5.41) is 7.00. The Bertz CT molecular complexity index is 606. The maximum atomic E-state index is 5.52. The third-order valence-electron chi connectivity index (χ3n) is 5.28. The van der Waals surface area contributed by atoms with Crippen LogP contribution >= 0.6 is 24.0 Å². The van der Waals surface area contributed by atoms with Crippen LogP contribution in [0.3, 0.4) is 0 Å². The van der Waals surface area contributed by atoms with E-state index in [0.717, 1.165) is 51.1 Å². The van der Waals surface area contributed by atoms with Crippen molar-refractivity contribution in [3.05, 3.63) is 29.8 Å². The number of aliphatic imine (C=N–C) groups is 1. The Hall–Kier alpha value is -1.06. The number of morpholine rings is 1. The molecule has 0 radical (unpaired) electrons. The molecule has 2 atom stereocenters. The number of para-hydroxylation sites is 1. The van der Waals surface area contributed by atoms with Crippen LogP contribution in [-0.4, -0.2) is 70.5 Å². The summed E-state index contributed by atoms with van der Waals surface area (Å²) in [4.78, 5) is 6.96. The highest BCUT2D eigenvalue weighted by Gasteiger charge is 2.22. The molecular weight excluding hydrogens is 479 g/mol. The highest BCUT2D eigenvalue weighted by molar-refractivity contribution is 14.0. The summed E-state index contributed by atoms with van der Waals surface area (Å²) < 4.78 is 11.0. The predicted octanol–water partition coefficient (Wildman–Crippen LogP) is 3.33. The van der Waals surface area contributed by atoms with Crippen LogP contribution in [0, 0.1) is 5.92 Å². The van der Waals surface area contributed by atoms with E-state index in [4.69, 9.17) is 9.47 Å². The van der Waals surface area contributed by atoms with Crippen LogP contribution in [-0.2, 0) is 4.74 Å². The van der Waals surface area contributed by atoms with Gasteiger partial charge < -0.3 is 20.1 Å². The van der Waals surface area contributed by atoms with Gasteiger partial charge in [0.15, 0.2) is 5.96 Å². The predicted molar refractivity (Wildman–Crippen MR) is 132 cm³/mol. The van der Waals surface area contributed by atoms with Crippen molar-refractivity contribution in [2.24, 2.45) is 10.9 Å². The highest BCUT2D eigenvalue weighted by Crippen LogP contribution is 2.25. The molecule has 0 aromatic heterocycles. The fraction of sp³-hybridized carbons (Fsp3) is 0.682. The first-order valence-electron chi connectivity index (χ1n) is 10.4. The molecule has 2 unspecified atom stereocenters. The van der Waals surface area contributed by atoms with Gasteiger partial charge in [0.25, 0.3) is 0 Å². The summed E-state index contributed by atoms with van der Waals surface area (Å²) in [7, 11) is 3.55. The van der Waals surface area contributed by atoms with Crippen molar-refractivity contribution < 1.29 is 9.47 Å². The Morgan fingerprint density at radius 2 is 1.79 bits per heavy atom. The molecule has 1 fully saturated rings. The van der Waals surface area contributed by atoms with Crippen molar-refractivity contribution in [2.45, 2.75) is 39.2 Å². The van der Waals surface area contributed by atoms with E-state index in [0.29, 0.717) is 17.9 Å². The second-order valence-corrected chi connectivity index (χ2v) is 7.91. The Morgan fingerprint density at radius 1 is 1.14 bits per heavy atom. The average Bonchev–Trinajstić information content (AvgIpc) is 2.73. The summed E-state index contributed by atoms with van der Waals surface area (Å²) in [5.41, 5.74) is 1.21. The van der Waals surface area contributed by atoms with Gasteiger partial charge in [0.2, 0.25) is 0 Å². The lowest BCUT2D eigenvalue weighted by molar-refractivity contribution is 0.0132. The minimum Gasteiger partial charge on any atom is -0.496 e. The molecular formula is C22H39IN4O2. The molecule has 1 aliphatic rings. The van der Waals surface area contributed by atoms with E-state index in [9.17, 15) is 0 Å². The van der Waals surface area contributed by atoms with Gasteiger partial charge in [0, 0.05) is 45.2 Å². The van der Waals surface area contributed by atoms with Crippen molar-refractivity contribution in [3.63, 3.8) is 0 Å². The van der Waals surface area contributed by atoms with E-state index < -0.39 is 0 Å². The van der Waals surface area contributed by atoms with Crippen LogP contribution in [0.2, 0.25) is 0 Å². The van der Waals surface area contributed by atoms with Crippen LogP contribution in [0.4, 0.5) is 0 Å². The first-order valence-corrected chi connectivity index (χ1v) is 10.4. The van der Waals surface area contributed by atoms with Crippen LogP contribution < -0.4 is 15.4 Å². The summed E-state index contributed by atoms with van der Waals surface area (Å²) in [6.07, 6.45) is 1.17. The molecule has 0 amide bonds. The van der Waals surface area contributed by atoms with Gasteiger partial charge in [0.05, 0.1) is 20.3 Å². The quantitative estimate of drug-likeness (QED) is 0.299. The zero-order chi connectivity index (χ0) is 20.4. The van der Waals surface area contributed by atoms with Gasteiger partial charge in [0.1, 0.15) is 5.75 Å². The van der Waals surface area contributed by atoms with E-state index in [2.05, 4.69) is 53.4 Å². The number of halogens is 1. The molecule has 2 N–H and O–H groups in total. The van der Waals surface area contributed by atoms with Crippen molar-refractivity contribution in [2.75, 3.05) is 53.6 Å². The number of methoxy groups -OCH3 is 1. The van der Waals surface area contributed by atoms with E-state index >= 15 is 0 Å². The van der Waals surface area contributed by atoms with Gasteiger partial charge in [-0.25, -0.2) is 0 Å². The standard InChI is InChI=1S/C22H38N4O2.HI/c1-17(2)14-19(26-10-12-28-13-11-26)16-25-22(23-4)24-15-18(3)20-8-6-7-9-21(20)27-5;/h6-9,17-19H,10-16H2,1-5H3,(H2,23,24,25);1H. The highest BCUT2D eigenvalue weighted by atomic mass is 127. The van der Waals surface area contributed by atoms with Gasteiger partial charge in [-0.2, -0.15) is 0 Å². The molecule has 2 rings (SSSR count). The average molecular weight is 518 g/mol. The van der Waals surface area contributed by atoms with Crippen molar-refractivity contribution in [3.8, 4) is 5.75 Å². The van der Waals surface area contributed by atoms with Gasteiger partial charge in [-0.05, 0) is 24.0 Å². The molecule has 1 aromatic rings. The number of hydrogen-bond acceptors (Lipinski definition) is 4. The maximum absolute atomic E-state index is 5.52. The lowest BCUT2D eigenvalue weighted by Gasteiger charge is -2.35. The molecule has 1 saturated heterocycles. The second-order valence-electron chi connectivity index (χ2n) is 7.91. The molecule has 0 bridgehead atoms. The van der Waals surface area contributed by atoms with Gasteiger partial charge in [-0.3, -0.25) is 9.89 Å². The number of hydrogen-bond donors (Lipinski definition) is 2. The Morgan fingerprint density at radius 3 is 2.41 bits per heavy atom. The summed E-state index contributed by atoms with van der Waals surface area (Å²) in [6.45, 7) is 12.1. The summed E-state index contributed by atoms with van der Waals surface area (Å²) >= 11 is 0. The van der Waals surface area contributed by atoms with Gasteiger partial charge in [-0.15, -0.1) is 24.0 Å². The number of nitrogens with zero attached hydrogens (tertiary/aromatic N) is 2. The summed E-state index contributed by atoms with van der Waals surface area (Å²) in [6, 6.07) is 8.69. The number of nitrogens with one attached hydrogen (secondary N) is 2. The van der Waals surface area contributed by atoms with Gasteiger partial charge in [-0.1, -0.05) is 39.0 Å². The zero-order valence-electron chi connectivity index (χ0n) is 18.6. The topological polar surface area (TPSA) is 58.1 Å². The van der Waals surface area contributed by atoms with E-state index in [1.807, 2.05) is 19.2 Å². The molecule has 7 heteroatoms. The molecule has 6 nitrogen and oxygen atoms in total. The molecule has 0 aliphatic carbocycles. The van der Waals surface area contributed by atoms with Crippen molar-refractivity contribution in [1.82, 2.24) is 15.5 Å². The number of guanidine groups is 1. The van der Waals surface area contributed by atoms with Crippen molar-refractivity contribution in [1.29, 1.82) is 0 Å². The first-order chi connectivity index (χ1) is 13.5. The minimum absolute atomic E-state index is 0. The second kappa shape index (κ2) is 14.0. The van der Waals surface area contributed by atoms with Crippen LogP contribution in [0.1, 0.15) is 38.7 Å². The SMILES string of the molecule is CN=C(NCC(C)c1ccccc1OC)NCC(CC(C)C)N1CCOCC1.I. The number of rotatable bonds is 9. The van der Waals surface area contributed by atoms with Crippen LogP contribution in [0.15, 0.2) is 29.3 Å². The molecule has 0 spiro atoms. The summed E-state index contributed by atoms with van der Waals surface area (Å²) in [5.74, 6) is 2.77. The Kier molecular flexibility index (Phi) is 12.6.